The number of nitrogens with zero attached hydrogens (tertiary/aromatic N) is 2. The van der Waals surface area contributed by atoms with Crippen molar-refractivity contribution in [1.82, 2.24) is 15.5 Å². The van der Waals surface area contributed by atoms with E-state index in [4.69, 9.17) is 4.74 Å². The Morgan fingerprint density at radius 3 is 2.39 bits per heavy atom. The molecule has 0 spiro atoms. The molecule has 0 fully saturated rings. The van der Waals surface area contributed by atoms with Gasteiger partial charge in [0.2, 0.25) is 5.88 Å². The number of carbonyl (C=O) groups excluding carboxylic acids is 1. The Hall–Kier alpha value is -3.42. The van der Waals surface area contributed by atoms with Crippen LogP contribution >= 0.6 is 0 Å². The summed E-state index contributed by atoms with van der Waals surface area (Å²) in [6.45, 7) is 0.115. The lowest BCUT2D eigenvalue weighted by atomic mass is 10.1. The molecule has 28 heavy (non-hydrogen) atoms. The largest absolute Gasteiger partial charge is 0.480 e. The smallest absolute Gasteiger partial charge is 0.416 e. The molecule has 1 heterocycles. The zero-order chi connectivity index (χ0) is 20.1. The minimum absolute atomic E-state index is 0.115. The summed E-state index contributed by atoms with van der Waals surface area (Å²) in [6, 6.07) is 14.9. The Morgan fingerprint density at radius 2 is 1.79 bits per heavy atom. The van der Waals surface area contributed by atoms with Gasteiger partial charge in [0, 0.05) is 23.7 Å². The van der Waals surface area contributed by atoms with Gasteiger partial charge in [-0.2, -0.15) is 13.2 Å². The standard InChI is InChI=1S/C20H16F3N3O2/c1-28-18-10-9-17(25-26-18)14-3-2-4-15(11-14)19(27)24-12-13-5-7-16(8-6-13)20(21,22)23/h2-11H,12H2,1H3,(H,24,27). The van der Waals surface area contributed by atoms with Crippen LogP contribution in [0.1, 0.15) is 21.5 Å². The van der Waals surface area contributed by atoms with Crippen molar-refractivity contribution in [3.05, 3.63) is 77.4 Å². The predicted octanol–water partition coefficient (Wildman–Crippen LogP) is 4.10. The third-order valence-corrected chi connectivity index (χ3v) is 4.00. The molecule has 0 radical (unpaired) electrons. The molecule has 1 aromatic heterocycles. The first kappa shape index (κ1) is 19.3. The topological polar surface area (TPSA) is 64.1 Å². The summed E-state index contributed by atoms with van der Waals surface area (Å²) in [6.07, 6.45) is -4.38. The first-order chi connectivity index (χ1) is 13.4. The summed E-state index contributed by atoms with van der Waals surface area (Å²) in [5, 5.41) is 10.6. The van der Waals surface area contributed by atoms with Crippen LogP contribution in [0.3, 0.4) is 0 Å². The van der Waals surface area contributed by atoms with Gasteiger partial charge >= 0.3 is 6.18 Å². The maximum absolute atomic E-state index is 12.6. The fourth-order valence-corrected chi connectivity index (χ4v) is 2.50. The number of hydrogen-bond acceptors (Lipinski definition) is 4. The molecular weight excluding hydrogens is 371 g/mol. The van der Waals surface area contributed by atoms with Crippen molar-refractivity contribution in [3.8, 4) is 17.1 Å². The Kier molecular flexibility index (Phi) is 5.58. The third kappa shape index (κ3) is 4.64. The minimum atomic E-state index is -4.38. The molecule has 0 unspecified atom stereocenters. The zero-order valence-electron chi connectivity index (χ0n) is 14.8. The van der Waals surface area contributed by atoms with Crippen molar-refractivity contribution >= 4 is 5.91 Å². The highest BCUT2D eigenvalue weighted by molar-refractivity contribution is 5.95. The van der Waals surface area contributed by atoms with E-state index in [1.807, 2.05) is 0 Å². The molecule has 0 bridgehead atoms. The van der Waals surface area contributed by atoms with Gasteiger partial charge in [0.15, 0.2) is 0 Å². The van der Waals surface area contributed by atoms with Crippen LogP contribution in [0.5, 0.6) is 5.88 Å². The summed E-state index contributed by atoms with van der Waals surface area (Å²) in [7, 11) is 1.49. The van der Waals surface area contributed by atoms with Crippen LogP contribution in [0, 0.1) is 0 Å². The molecule has 144 valence electrons. The normalized spacial score (nSPS) is 11.1. The number of methoxy groups -OCH3 is 1. The molecule has 0 atom stereocenters. The van der Waals surface area contributed by atoms with E-state index in [1.54, 1.807) is 36.4 Å². The molecule has 8 heteroatoms. The first-order valence-corrected chi connectivity index (χ1v) is 8.29. The number of benzene rings is 2. The highest BCUT2D eigenvalue weighted by Gasteiger charge is 2.29. The molecule has 0 aliphatic heterocycles. The molecule has 0 aliphatic rings. The molecule has 1 N–H and O–H groups in total. The van der Waals surface area contributed by atoms with E-state index in [0.29, 0.717) is 28.3 Å². The number of ether oxygens (including phenoxy) is 1. The second kappa shape index (κ2) is 8.08. The average Bonchev–Trinajstić information content (AvgIpc) is 2.72. The summed E-state index contributed by atoms with van der Waals surface area (Å²) < 4.78 is 42.7. The SMILES string of the molecule is COc1ccc(-c2cccc(C(=O)NCc3ccc(C(F)(F)F)cc3)c2)nn1. The number of alkyl halides is 3. The van der Waals surface area contributed by atoms with Crippen LogP contribution in [0.2, 0.25) is 0 Å². The molecule has 3 rings (SSSR count). The number of amides is 1. The van der Waals surface area contributed by atoms with Gasteiger partial charge < -0.3 is 10.1 Å². The first-order valence-electron chi connectivity index (χ1n) is 8.29. The predicted molar refractivity (Wildman–Crippen MR) is 96.6 cm³/mol. The Labute approximate surface area is 159 Å². The van der Waals surface area contributed by atoms with E-state index in [9.17, 15) is 18.0 Å². The summed E-state index contributed by atoms with van der Waals surface area (Å²) in [5.41, 5.74) is 1.53. The van der Waals surface area contributed by atoms with Crippen molar-refractivity contribution < 1.29 is 22.7 Å². The van der Waals surface area contributed by atoms with E-state index in [-0.39, 0.29) is 12.5 Å². The van der Waals surface area contributed by atoms with Gasteiger partial charge in [0.25, 0.3) is 5.91 Å². The lowest BCUT2D eigenvalue weighted by Gasteiger charge is -2.09. The number of carbonyl (C=O) groups is 1. The van der Waals surface area contributed by atoms with Crippen LogP contribution in [0.25, 0.3) is 11.3 Å². The number of hydrogen-bond donors (Lipinski definition) is 1. The maximum atomic E-state index is 12.6. The summed E-state index contributed by atoms with van der Waals surface area (Å²) in [4.78, 5) is 12.4. The number of halogens is 3. The number of nitrogens with one attached hydrogen (secondary N) is 1. The molecule has 0 saturated heterocycles. The summed E-state index contributed by atoms with van der Waals surface area (Å²) >= 11 is 0. The highest BCUT2D eigenvalue weighted by atomic mass is 19.4. The van der Waals surface area contributed by atoms with Crippen LogP contribution in [0.4, 0.5) is 13.2 Å². The van der Waals surface area contributed by atoms with Gasteiger partial charge in [0.05, 0.1) is 18.4 Å². The van der Waals surface area contributed by atoms with Crippen molar-refractivity contribution in [2.24, 2.45) is 0 Å². The van der Waals surface area contributed by atoms with E-state index >= 15 is 0 Å². The monoisotopic (exact) mass is 387 g/mol. The molecule has 0 aliphatic carbocycles. The lowest BCUT2D eigenvalue weighted by molar-refractivity contribution is -0.137. The fourth-order valence-electron chi connectivity index (χ4n) is 2.50. The van der Waals surface area contributed by atoms with Gasteiger partial charge in [-0.05, 0) is 35.9 Å². The lowest BCUT2D eigenvalue weighted by Crippen LogP contribution is -2.22. The zero-order valence-corrected chi connectivity index (χ0v) is 14.8. The third-order valence-electron chi connectivity index (χ3n) is 4.00. The molecule has 3 aromatic rings. The molecule has 0 saturated carbocycles. The Balaban J connectivity index is 1.67. The number of rotatable bonds is 5. The average molecular weight is 387 g/mol. The van der Waals surface area contributed by atoms with E-state index in [1.165, 1.54) is 19.2 Å². The van der Waals surface area contributed by atoms with Gasteiger partial charge in [-0.1, -0.05) is 24.3 Å². The summed E-state index contributed by atoms with van der Waals surface area (Å²) in [5.74, 6) is 0.0393. The fraction of sp³-hybridized carbons (Fsp3) is 0.150. The van der Waals surface area contributed by atoms with Crippen molar-refractivity contribution in [3.63, 3.8) is 0 Å². The highest BCUT2D eigenvalue weighted by Crippen LogP contribution is 2.29. The number of aromatic nitrogens is 2. The van der Waals surface area contributed by atoms with Crippen LogP contribution in [-0.4, -0.2) is 23.2 Å². The van der Waals surface area contributed by atoms with Crippen LogP contribution < -0.4 is 10.1 Å². The minimum Gasteiger partial charge on any atom is -0.480 e. The van der Waals surface area contributed by atoms with E-state index in [0.717, 1.165) is 12.1 Å². The van der Waals surface area contributed by atoms with Gasteiger partial charge in [-0.15, -0.1) is 10.2 Å². The molecule has 5 nitrogen and oxygen atoms in total. The Bertz CT molecular complexity index is 956. The second-order valence-corrected chi connectivity index (χ2v) is 5.92. The maximum Gasteiger partial charge on any atom is 0.416 e. The van der Waals surface area contributed by atoms with Gasteiger partial charge in [-0.3, -0.25) is 4.79 Å². The molecular formula is C20H16F3N3O2. The van der Waals surface area contributed by atoms with E-state index in [2.05, 4.69) is 15.5 Å². The Morgan fingerprint density at radius 1 is 1.04 bits per heavy atom. The van der Waals surface area contributed by atoms with Gasteiger partial charge in [0.1, 0.15) is 0 Å². The van der Waals surface area contributed by atoms with Crippen molar-refractivity contribution in [2.45, 2.75) is 12.7 Å². The second-order valence-electron chi connectivity index (χ2n) is 5.92. The van der Waals surface area contributed by atoms with E-state index < -0.39 is 11.7 Å². The van der Waals surface area contributed by atoms with Crippen LogP contribution in [0.15, 0.2) is 60.7 Å². The van der Waals surface area contributed by atoms with Crippen molar-refractivity contribution in [1.29, 1.82) is 0 Å². The van der Waals surface area contributed by atoms with Crippen LogP contribution in [-0.2, 0) is 12.7 Å². The van der Waals surface area contributed by atoms with Gasteiger partial charge in [-0.25, -0.2) is 0 Å². The molecule has 2 aromatic carbocycles. The van der Waals surface area contributed by atoms with Crippen molar-refractivity contribution in [2.75, 3.05) is 7.11 Å². The quantitative estimate of drug-likeness (QED) is 0.716. The molecule has 1 amide bonds.